The summed E-state index contributed by atoms with van der Waals surface area (Å²) >= 11 is 1.71. The molecule has 0 N–H and O–H groups in total. The molecule has 1 atom stereocenters. The Kier molecular flexibility index (Phi) is 5.54. The van der Waals surface area contributed by atoms with Crippen molar-refractivity contribution in [2.24, 2.45) is 5.41 Å². The first-order valence-corrected chi connectivity index (χ1v) is 10.4. The van der Waals surface area contributed by atoms with Crippen LogP contribution in [0.5, 0.6) is 0 Å². The second kappa shape index (κ2) is 6.79. The molecule has 1 aliphatic carbocycles. The van der Waals surface area contributed by atoms with Crippen LogP contribution in [0.15, 0.2) is 0 Å². The number of rotatable bonds is 5. The molecule has 1 saturated carbocycles. The number of carbonyl (C=O) groups is 1. The smallest absolute Gasteiger partial charge is 0.166 e. The van der Waals surface area contributed by atoms with Crippen LogP contribution >= 0.6 is 11.8 Å². The maximum Gasteiger partial charge on any atom is 0.166 e. The summed E-state index contributed by atoms with van der Waals surface area (Å²) in [7, 11) is -3.07. The van der Waals surface area contributed by atoms with E-state index in [1.165, 1.54) is 6.42 Å². The lowest BCUT2D eigenvalue weighted by Crippen LogP contribution is -2.52. The topological polar surface area (TPSA) is 54.5 Å². The minimum Gasteiger partial charge on any atom is -0.303 e. The van der Waals surface area contributed by atoms with Crippen LogP contribution in [0.4, 0.5) is 0 Å². The number of carbonyl (C=O) groups excluding carboxylic acids is 1. The highest BCUT2D eigenvalue weighted by Gasteiger charge is 2.39. The van der Waals surface area contributed by atoms with Gasteiger partial charge in [-0.1, -0.05) is 26.2 Å². The Morgan fingerprint density at radius 2 is 2.00 bits per heavy atom. The van der Waals surface area contributed by atoms with E-state index in [-0.39, 0.29) is 11.2 Å². The third kappa shape index (κ3) is 3.57. The Bertz CT molecular complexity index is 430. The van der Waals surface area contributed by atoms with Crippen LogP contribution in [0.2, 0.25) is 0 Å². The first-order chi connectivity index (χ1) is 9.53. The number of nitrogens with zero attached hydrogens (tertiary/aromatic N) is 1. The normalized spacial score (nSPS) is 28.1. The van der Waals surface area contributed by atoms with Gasteiger partial charge in [0.05, 0.1) is 0 Å². The predicted octanol–water partition coefficient (Wildman–Crippen LogP) is 1.95. The predicted molar refractivity (Wildman–Crippen MR) is 83.7 cm³/mol. The minimum absolute atomic E-state index is 0.183. The van der Waals surface area contributed by atoms with E-state index in [1.54, 1.807) is 18.7 Å². The first kappa shape index (κ1) is 16.3. The van der Waals surface area contributed by atoms with E-state index in [0.717, 1.165) is 44.3 Å². The van der Waals surface area contributed by atoms with Crippen LogP contribution in [-0.4, -0.2) is 55.3 Å². The fourth-order valence-electron chi connectivity index (χ4n) is 3.29. The zero-order chi connectivity index (χ0) is 14.6. The SMILES string of the molecule is CCS(=O)(=O)C1CSCCN1CC1(C=O)CCCCC1. The molecule has 20 heavy (non-hydrogen) atoms. The summed E-state index contributed by atoms with van der Waals surface area (Å²) < 4.78 is 24.5. The second-order valence-electron chi connectivity index (χ2n) is 5.99. The summed E-state index contributed by atoms with van der Waals surface area (Å²) in [6.07, 6.45) is 6.31. The van der Waals surface area contributed by atoms with E-state index in [9.17, 15) is 13.2 Å². The molecule has 2 aliphatic rings. The average Bonchev–Trinajstić information content (AvgIpc) is 2.48. The van der Waals surface area contributed by atoms with Gasteiger partial charge in [-0.25, -0.2) is 8.42 Å². The molecule has 4 nitrogen and oxygen atoms in total. The molecular formula is C14H25NO3S2. The monoisotopic (exact) mass is 319 g/mol. The summed E-state index contributed by atoms with van der Waals surface area (Å²) in [5.74, 6) is 1.79. The Balaban J connectivity index is 2.14. The molecule has 0 bridgehead atoms. The molecule has 0 amide bonds. The minimum atomic E-state index is -3.07. The number of aldehydes is 1. The lowest BCUT2D eigenvalue weighted by Gasteiger charge is -2.41. The van der Waals surface area contributed by atoms with Gasteiger partial charge in [-0.15, -0.1) is 0 Å². The molecule has 0 spiro atoms. The van der Waals surface area contributed by atoms with Crippen LogP contribution in [-0.2, 0) is 14.6 Å². The number of hydrogen-bond donors (Lipinski definition) is 0. The van der Waals surface area contributed by atoms with Crippen molar-refractivity contribution < 1.29 is 13.2 Å². The molecule has 0 radical (unpaired) electrons. The Morgan fingerprint density at radius 1 is 1.30 bits per heavy atom. The summed E-state index contributed by atoms with van der Waals surface area (Å²) in [5, 5.41) is -0.398. The van der Waals surface area contributed by atoms with E-state index in [1.807, 2.05) is 0 Å². The van der Waals surface area contributed by atoms with Crippen molar-refractivity contribution in [2.45, 2.75) is 44.4 Å². The summed E-state index contributed by atoms with van der Waals surface area (Å²) in [6.45, 7) is 3.12. The second-order valence-corrected chi connectivity index (χ2v) is 9.59. The van der Waals surface area contributed by atoms with Crippen LogP contribution in [0.25, 0.3) is 0 Å². The fourth-order valence-corrected chi connectivity index (χ4v) is 6.37. The molecule has 116 valence electrons. The van der Waals surface area contributed by atoms with E-state index in [4.69, 9.17) is 0 Å². The zero-order valence-corrected chi connectivity index (χ0v) is 13.8. The standard InChI is InChI=1S/C14H25NO3S2/c1-2-20(17,18)13-10-19-9-8-15(13)11-14(12-16)6-4-3-5-7-14/h12-13H,2-11H2,1H3. The van der Waals surface area contributed by atoms with Gasteiger partial charge in [-0.3, -0.25) is 4.90 Å². The third-order valence-corrected chi connectivity index (χ3v) is 7.96. The van der Waals surface area contributed by atoms with Gasteiger partial charge < -0.3 is 4.79 Å². The van der Waals surface area contributed by atoms with Gasteiger partial charge in [0.1, 0.15) is 11.7 Å². The van der Waals surface area contributed by atoms with E-state index in [0.29, 0.717) is 12.3 Å². The Labute approximate surface area is 126 Å². The Morgan fingerprint density at radius 3 is 2.60 bits per heavy atom. The summed E-state index contributed by atoms with van der Waals surface area (Å²) in [5.41, 5.74) is -0.304. The molecule has 0 aromatic carbocycles. The van der Waals surface area contributed by atoms with Crippen molar-refractivity contribution in [1.82, 2.24) is 4.90 Å². The number of hydrogen-bond acceptors (Lipinski definition) is 5. The van der Waals surface area contributed by atoms with E-state index < -0.39 is 15.2 Å². The van der Waals surface area contributed by atoms with Gasteiger partial charge in [-0.05, 0) is 12.8 Å². The van der Waals surface area contributed by atoms with Crippen LogP contribution in [0.1, 0.15) is 39.0 Å². The van der Waals surface area contributed by atoms with Gasteiger partial charge in [0.2, 0.25) is 0 Å². The lowest BCUT2D eigenvalue weighted by atomic mass is 9.75. The molecule has 1 saturated heterocycles. The van der Waals surface area contributed by atoms with E-state index >= 15 is 0 Å². The number of thioether (sulfide) groups is 1. The van der Waals surface area contributed by atoms with Crippen molar-refractivity contribution in [2.75, 3.05) is 30.3 Å². The molecule has 6 heteroatoms. The van der Waals surface area contributed by atoms with Crippen molar-refractivity contribution in [3.63, 3.8) is 0 Å². The fraction of sp³-hybridized carbons (Fsp3) is 0.929. The van der Waals surface area contributed by atoms with Crippen molar-refractivity contribution in [3.05, 3.63) is 0 Å². The largest absolute Gasteiger partial charge is 0.303 e. The highest BCUT2D eigenvalue weighted by atomic mass is 32.2. The van der Waals surface area contributed by atoms with Gasteiger partial charge in [0, 0.05) is 35.8 Å². The molecule has 1 unspecified atom stereocenters. The highest BCUT2D eigenvalue weighted by Crippen LogP contribution is 2.37. The Hall–Kier alpha value is -0.0700. The molecule has 0 aromatic heterocycles. The molecule has 2 fully saturated rings. The van der Waals surface area contributed by atoms with Crippen molar-refractivity contribution in [1.29, 1.82) is 0 Å². The lowest BCUT2D eigenvalue weighted by molar-refractivity contribution is -0.119. The molecule has 2 rings (SSSR count). The van der Waals surface area contributed by atoms with Gasteiger partial charge >= 0.3 is 0 Å². The van der Waals surface area contributed by atoms with E-state index in [2.05, 4.69) is 4.90 Å². The average molecular weight is 319 g/mol. The quantitative estimate of drug-likeness (QED) is 0.725. The molecular weight excluding hydrogens is 294 g/mol. The highest BCUT2D eigenvalue weighted by molar-refractivity contribution is 8.01. The maximum absolute atomic E-state index is 12.3. The van der Waals surface area contributed by atoms with Gasteiger partial charge in [0.25, 0.3) is 0 Å². The molecule has 1 aliphatic heterocycles. The molecule has 0 aromatic rings. The number of sulfone groups is 1. The van der Waals surface area contributed by atoms with Crippen LogP contribution in [0.3, 0.4) is 0 Å². The van der Waals surface area contributed by atoms with Gasteiger partial charge in [0.15, 0.2) is 9.84 Å². The summed E-state index contributed by atoms with van der Waals surface area (Å²) in [6, 6.07) is 0. The zero-order valence-electron chi connectivity index (χ0n) is 12.2. The summed E-state index contributed by atoms with van der Waals surface area (Å²) in [4.78, 5) is 13.7. The van der Waals surface area contributed by atoms with Gasteiger partial charge in [-0.2, -0.15) is 11.8 Å². The van der Waals surface area contributed by atoms with Crippen LogP contribution in [0, 0.1) is 5.41 Å². The van der Waals surface area contributed by atoms with Crippen molar-refractivity contribution in [3.8, 4) is 0 Å². The first-order valence-electron chi connectivity index (χ1n) is 7.53. The maximum atomic E-state index is 12.3. The third-order valence-electron chi connectivity index (χ3n) is 4.62. The van der Waals surface area contributed by atoms with Crippen LogP contribution < -0.4 is 0 Å². The van der Waals surface area contributed by atoms with Crippen molar-refractivity contribution >= 4 is 27.9 Å². The molecule has 1 heterocycles.